The molecule has 2 heterocycles. The number of hydrogen-bond acceptors (Lipinski definition) is 2. The van der Waals surface area contributed by atoms with Crippen LogP contribution in [0.2, 0.25) is 0 Å². The maximum absolute atomic E-state index is 6.14. The SMILES string of the molecule is C#CC#CC#CC#CC1(C#CC#CC#CC#C)c2ccc(-c3ccc4oc5ccccc5c4c3)cc2-c2cc(-c3ccc4sc5ccccc5c4c3)ccc21. The third-order valence-corrected chi connectivity index (χ3v) is 10.9. The molecule has 1 aliphatic carbocycles. The van der Waals surface area contributed by atoms with Gasteiger partial charge in [-0.05, 0) is 164 Å². The molecule has 0 radical (unpaired) electrons. The maximum Gasteiger partial charge on any atom is 0.145 e. The Bertz CT molecular complexity index is 3210. The summed E-state index contributed by atoms with van der Waals surface area (Å²) >= 11 is 1.81. The van der Waals surface area contributed by atoms with E-state index in [1.165, 1.54) is 20.2 Å². The first-order valence-corrected chi connectivity index (χ1v) is 18.1. The van der Waals surface area contributed by atoms with Gasteiger partial charge in [0.2, 0.25) is 0 Å². The molecule has 0 atom stereocenters. The van der Waals surface area contributed by atoms with Gasteiger partial charge in [-0.25, -0.2) is 0 Å². The van der Waals surface area contributed by atoms with Gasteiger partial charge in [-0.1, -0.05) is 84.6 Å². The molecule has 1 nitrogen and oxygen atoms in total. The van der Waals surface area contributed by atoms with Crippen LogP contribution in [0.3, 0.4) is 0 Å². The van der Waals surface area contributed by atoms with Crippen molar-refractivity contribution < 1.29 is 4.42 Å². The lowest BCUT2D eigenvalue weighted by Gasteiger charge is -2.20. The number of thiophene rings is 1. The van der Waals surface area contributed by atoms with E-state index in [0.717, 1.165) is 66.4 Å². The molecule has 0 spiro atoms. The zero-order valence-corrected chi connectivity index (χ0v) is 29.8. The Balaban J connectivity index is 1.26. The topological polar surface area (TPSA) is 13.1 Å². The summed E-state index contributed by atoms with van der Waals surface area (Å²) in [7, 11) is 0. The Labute approximate surface area is 323 Å². The van der Waals surface area contributed by atoms with E-state index in [4.69, 9.17) is 17.3 Å². The van der Waals surface area contributed by atoms with Crippen LogP contribution in [0.1, 0.15) is 11.1 Å². The lowest BCUT2D eigenvalue weighted by Crippen LogP contribution is -2.21. The summed E-state index contributed by atoms with van der Waals surface area (Å²) in [6, 6.07) is 42.7. The molecule has 0 amide bonds. The van der Waals surface area contributed by atoms with E-state index < -0.39 is 5.41 Å². The van der Waals surface area contributed by atoms with Crippen LogP contribution >= 0.6 is 11.3 Å². The van der Waals surface area contributed by atoms with Crippen LogP contribution in [0.4, 0.5) is 0 Å². The van der Waals surface area contributed by atoms with E-state index in [2.05, 4.69) is 180 Å². The third kappa shape index (κ3) is 5.74. The zero-order chi connectivity index (χ0) is 37.2. The summed E-state index contributed by atoms with van der Waals surface area (Å²) < 4.78 is 8.67. The number of hydrogen-bond donors (Lipinski definition) is 0. The average molecular weight is 707 g/mol. The van der Waals surface area contributed by atoms with Crippen molar-refractivity contribution in [3.05, 3.63) is 132 Å². The largest absolute Gasteiger partial charge is 0.456 e. The fourth-order valence-electron chi connectivity index (χ4n) is 7.31. The predicted molar refractivity (Wildman–Crippen MR) is 228 cm³/mol. The Hall–Kier alpha value is -8.18. The molecule has 0 saturated carbocycles. The molecule has 1 aliphatic rings. The van der Waals surface area contributed by atoms with E-state index in [9.17, 15) is 0 Å². The monoisotopic (exact) mass is 706 g/mol. The van der Waals surface area contributed by atoms with Crippen molar-refractivity contribution in [3.63, 3.8) is 0 Å². The fraction of sp³-hybridized carbons (Fsp3) is 0.0189. The molecule has 0 fully saturated rings. The van der Waals surface area contributed by atoms with Crippen LogP contribution in [0.15, 0.2) is 126 Å². The molecule has 0 aliphatic heterocycles. The average Bonchev–Trinajstić information content (AvgIpc) is 3.88. The molecular formula is C53H22OS. The van der Waals surface area contributed by atoms with Crippen LogP contribution in [0.25, 0.3) is 75.5 Å². The van der Waals surface area contributed by atoms with Gasteiger partial charge >= 0.3 is 0 Å². The summed E-state index contributed by atoms with van der Waals surface area (Å²) in [5.74, 6) is 38.9. The highest BCUT2D eigenvalue weighted by Gasteiger charge is 2.41. The second-order valence-electron chi connectivity index (χ2n) is 12.7. The minimum atomic E-state index is -1.05. The Morgan fingerprint density at radius 3 is 1.58 bits per heavy atom. The Morgan fingerprint density at radius 1 is 0.418 bits per heavy atom. The molecule has 246 valence electrons. The molecule has 0 saturated heterocycles. The summed E-state index contributed by atoms with van der Waals surface area (Å²) in [6.45, 7) is 0. The predicted octanol–water partition coefficient (Wildman–Crippen LogP) is 10.8. The summed E-state index contributed by atoms with van der Waals surface area (Å²) in [6.07, 6.45) is 10.6. The lowest BCUT2D eigenvalue weighted by molar-refractivity contribution is 0.669. The molecule has 2 heteroatoms. The second-order valence-corrected chi connectivity index (χ2v) is 13.8. The first-order chi connectivity index (χ1) is 27.2. The lowest BCUT2D eigenvalue weighted by atomic mass is 9.78. The van der Waals surface area contributed by atoms with Crippen LogP contribution in [-0.2, 0) is 5.41 Å². The van der Waals surface area contributed by atoms with Gasteiger partial charge in [-0.2, -0.15) is 0 Å². The highest BCUT2D eigenvalue weighted by Crippen LogP contribution is 2.51. The van der Waals surface area contributed by atoms with Crippen molar-refractivity contribution in [3.8, 4) is 129 Å². The molecule has 0 bridgehead atoms. The highest BCUT2D eigenvalue weighted by molar-refractivity contribution is 7.25. The van der Waals surface area contributed by atoms with Crippen LogP contribution in [0.5, 0.6) is 0 Å². The van der Waals surface area contributed by atoms with Gasteiger partial charge in [0.05, 0.1) is 0 Å². The summed E-state index contributed by atoms with van der Waals surface area (Å²) in [5.41, 5.74) is 8.93. The van der Waals surface area contributed by atoms with E-state index in [-0.39, 0.29) is 0 Å². The van der Waals surface area contributed by atoms with E-state index in [1.54, 1.807) is 0 Å². The zero-order valence-electron chi connectivity index (χ0n) is 29.0. The van der Waals surface area contributed by atoms with Crippen LogP contribution < -0.4 is 0 Å². The van der Waals surface area contributed by atoms with Gasteiger partial charge in [-0.15, -0.1) is 24.2 Å². The maximum atomic E-state index is 6.14. The van der Waals surface area contributed by atoms with Gasteiger partial charge in [0.1, 0.15) is 16.6 Å². The fourth-order valence-corrected chi connectivity index (χ4v) is 8.40. The molecule has 0 unspecified atom stereocenters. The molecule has 2 aromatic heterocycles. The Morgan fingerprint density at radius 2 is 0.909 bits per heavy atom. The second kappa shape index (κ2) is 13.7. The number of para-hydroxylation sites is 1. The van der Waals surface area contributed by atoms with Crippen molar-refractivity contribution in [1.29, 1.82) is 0 Å². The number of furan rings is 1. The molecule has 55 heavy (non-hydrogen) atoms. The van der Waals surface area contributed by atoms with E-state index in [1.807, 2.05) is 35.6 Å². The minimum Gasteiger partial charge on any atom is -0.456 e. The molecular weight excluding hydrogens is 685 g/mol. The highest BCUT2D eigenvalue weighted by atomic mass is 32.1. The number of terminal acetylenes is 2. The Kier molecular flexibility index (Phi) is 8.18. The third-order valence-electron chi connectivity index (χ3n) is 9.70. The quantitative estimate of drug-likeness (QED) is 0.163. The number of rotatable bonds is 2. The van der Waals surface area contributed by atoms with Gasteiger partial charge in [-0.3, -0.25) is 0 Å². The summed E-state index contributed by atoms with van der Waals surface area (Å²) in [4.78, 5) is 0. The van der Waals surface area contributed by atoms with Gasteiger partial charge in [0, 0.05) is 30.9 Å². The standard InChI is InChI=1S/C53H22OS/c1-3-5-7-9-11-17-31-53(32-18-12-10-8-6-4-2)47-27-23-37(39-25-29-50-45(35-39)41-19-13-15-21-49(41)54-50)33-43(47)44-34-38(24-28-48(44)53)40-26-30-52-46(36-40)42-20-14-16-22-51(42)55-52/h1-2,13-16,19-30,33-36H. The van der Waals surface area contributed by atoms with Gasteiger partial charge in [0.25, 0.3) is 0 Å². The molecule has 9 rings (SSSR count). The van der Waals surface area contributed by atoms with Gasteiger partial charge < -0.3 is 4.42 Å². The first-order valence-electron chi connectivity index (χ1n) is 17.3. The van der Waals surface area contributed by atoms with Crippen molar-refractivity contribution in [2.75, 3.05) is 0 Å². The van der Waals surface area contributed by atoms with E-state index in [0.29, 0.717) is 0 Å². The number of benzene rings is 6. The van der Waals surface area contributed by atoms with Crippen molar-refractivity contribution >= 4 is 53.4 Å². The van der Waals surface area contributed by atoms with Gasteiger partial charge in [0.15, 0.2) is 0 Å². The van der Waals surface area contributed by atoms with Crippen LogP contribution in [0, 0.1) is 95.7 Å². The molecule has 8 aromatic rings. The summed E-state index contributed by atoms with van der Waals surface area (Å²) in [5, 5.41) is 4.65. The molecule has 6 aromatic carbocycles. The number of fused-ring (bicyclic) bond motifs is 9. The normalized spacial score (nSPS) is 11.2. The smallest absolute Gasteiger partial charge is 0.145 e. The van der Waals surface area contributed by atoms with Crippen molar-refractivity contribution in [2.24, 2.45) is 0 Å². The van der Waals surface area contributed by atoms with Crippen molar-refractivity contribution in [2.45, 2.75) is 5.41 Å². The minimum absolute atomic E-state index is 0.849. The first kappa shape index (κ1) is 32.7. The van der Waals surface area contributed by atoms with Crippen molar-refractivity contribution in [1.82, 2.24) is 0 Å². The van der Waals surface area contributed by atoms with Crippen LogP contribution in [-0.4, -0.2) is 0 Å². The van der Waals surface area contributed by atoms with E-state index >= 15 is 0 Å². The molecule has 0 N–H and O–H groups in total.